The molecule has 2 aromatic heterocycles. The molecule has 0 N–H and O–H groups in total. The molecule has 1 aromatic carbocycles. The second kappa shape index (κ2) is 5.37. The number of rotatable bonds is 2. The van der Waals surface area contributed by atoms with Crippen LogP contribution in [-0.4, -0.2) is 19.5 Å². The highest BCUT2D eigenvalue weighted by Crippen LogP contribution is 2.25. The highest BCUT2D eigenvalue weighted by molar-refractivity contribution is 6.42. The molecule has 0 unspecified atom stereocenters. The first-order chi connectivity index (χ1) is 9.54. The van der Waals surface area contributed by atoms with Crippen molar-refractivity contribution in [2.75, 3.05) is 0 Å². The lowest BCUT2D eigenvalue weighted by Gasteiger charge is -2.06. The zero-order valence-electron chi connectivity index (χ0n) is 9.82. The second-order valence-electron chi connectivity index (χ2n) is 4.08. The SMILES string of the molecule is Clc1nc(Cl)c2c(ncn2Cc2ccc(Cl)c(Cl)c2)n1. The van der Waals surface area contributed by atoms with E-state index in [-0.39, 0.29) is 10.4 Å². The molecular weight excluding hydrogens is 342 g/mol. The minimum atomic E-state index is 0.0716. The van der Waals surface area contributed by atoms with Crippen LogP contribution >= 0.6 is 46.4 Å². The molecule has 3 rings (SSSR count). The van der Waals surface area contributed by atoms with Crippen LogP contribution in [0.4, 0.5) is 0 Å². The predicted molar refractivity (Wildman–Crippen MR) is 80.9 cm³/mol. The van der Waals surface area contributed by atoms with Gasteiger partial charge in [0.25, 0.3) is 0 Å². The van der Waals surface area contributed by atoms with Gasteiger partial charge in [0, 0.05) is 6.54 Å². The first-order valence-electron chi connectivity index (χ1n) is 5.52. The van der Waals surface area contributed by atoms with Crippen molar-refractivity contribution in [1.29, 1.82) is 0 Å². The Morgan fingerprint density at radius 2 is 1.80 bits per heavy atom. The summed E-state index contributed by atoms with van der Waals surface area (Å²) in [4.78, 5) is 12.1. The van der Waals surface area contributed by atoms with E-state index in [0.717, 1.165) is 5.56 Å². The van der Waals surface area contributed by atoms with Crippen LogP contribution in [0.1, 0.15) is 5.56 Å². The Morgan fingerprint density at radius 1 is 1.00 bits per heavy atom. The van der Waals surface area contributed by atoms with Crippen molar-refractivity contribution in [1.82, 2.24) is 19.5 Å². The number of aromatic nitrogens is 4. The summed E-state index contributed by atoms with van der Waals surface area (Å²) in [6.45, 7) is 0.526. The molecule has 0 amide bonds. The fourth-order valence-electron chi connectivity index (χ4n) is 1.87. The third kappa shape index (κ3) is 2.56. The van der Waals surface area contributed by atoms with E-state index in [0.29, 0.717) is 27.8 Å². The molecule has 0 saturated carbocycles. The molecule has 0 aliphatic carbocycles. The van der Waals surface area contributed by atoms with Crippen molar-refractivity contribution >= 4 is 57.6 Å². The highest BCUT2D eigenvalue weighted by atomic mass is 35.5. The summed E-state index contributed by atoms with van der Waals surface area (Å²) >= 11 is 23.7. The number of benzene rings is 1. The number of nitrogens with zero attached hydrogens (tertiary/aromatic N) is 4. The van der Waals surface area contributed by atoms with Crippen molar-refractivity contribution in [3.63, 3.8) is 0 Å². The van der Waals surface area contributed by atoms with Crippen LogP contribution in [-0.2, 0) is 6.54 Å². The molecule has 0 spiro atoms. The normalized spacial score (nSPS) is 11.2. The molecule has 0 atom stereocenters. The molecule has 8 heteroatoms. The third-order valence-electron chi connectivity index (χ3n) is 2.74. The van der Waals surface area contributed by atoms with E-state index in [2.05, 4.69) is 15.0 Å². The smallest absolute Gasteiger partial charge is 0.225 e. The number of halogens is 4. The van der Waals surface area contributed by atoms with Crippen molar-refractivity contribution < 1.29 is 0 Å². The van der Waals surface area contributed by atoms with E-state index in [1.807, 2.05) is 10.6 Å². The topological polar surface area (TPSA) is 43.6 Å². The van der Waals surface area contributed by atoms with Crippen LogP contribution in [0.3, 0.4) is 0 Å². The first-order valence-corrected chi connectivity index (χ1v) is 7.03. The number of imidazole rings is 1. The Hall–Kier alpha value is -1.07. The van der Waals surface area contributed by atoms with E-state index < -0.39 is 0 Å². The van der Waals surface area contributed by atoms with Gasteiger partial charge >= 0.3 is 0 Å². The Bertz CT molecular complexity index is 799. The molecular formula is C12H6Cl4N4. The Morgan fingerprint density at radius 3 is 2.55 bits per heavy atom. The Kier molecular flexibility index (Phi) is 3.73. The van der Waals surface area contributed by atoms with Gasteiger partial charge in [-0.1, -0.05) is 40.9 Å². The van der Waals surface area contributed by atoms with Gasteiger partial charge in [0.05, 0.1) is 16.4 Å². The number of hydrogen-bond acceptors (Lipinski definition) is 3. The summed E-state index contributed by atoms with van der Waals surface area (Å²) in [6, 6.07) is 5.42. The largest absolute Gasteiger partial charge is 0.322 e. The highest BCUT2D eigenvalue weighted by Gasteiger charge is 2.12. The van der Waals surface area contributed by atoms with Gasteiger partial charge in [0.2, 0.25) is 5.28 Å². The van der Waals surface area contributed by atoms with Crippen LogP contribution in [0.2, 0.25) is 20.5 Å². The molecule has 0 radical (unpaired) electrons. The van der Waals surface area contributed by atoms with Crippen LogP contribution < -0.4 is 0 Å². The molecule has 0 aliphatic heterocycles. The van der Waals surface area contributed by atoms with Gasteiger partial charge < -0.3 is 4.57 Å². The first kappa shape index (κ1) is 13.9. The van der Waals surface area contributed by atoms with E-state index in [9.17, 15) is 0 Å². The van der Waals surface area contributed by atoms with Gasteiger partial charge in [0.1, 0.15) is 5.52 Å². The van der Waals surface area contributed by atoms with Gasteiger partial charge in [-0.15, -0.1) is 0 Å². The van der Waals surface area contributed by atoms with Gasteiger partial charge in [-0.2, -0.15) is 4.98 Å². The number of fused-ring (bicyclic) bond motifs is 1. The molecule has 20 heavy (non-hydrogen) atoms. The lowest BCUT2D eigenvalue weighted by atomic mass is 10.2. The van der Waals surface area contributed by atoms with Gasteiger partial charge in [-0.05, 0) is 29.3 Å². The molecule has 0 fully saturated rings. The van der Waals surface area contributed by atoms with Gasteiger partial charge in [-0.3, -0.25) is 0 Å². The summed E-state index contributed by atoms with van der Waals surface area (Å²) in [5.41, 5.74) is 2.04. The van der Waals surface area contributed by atoms with Crippen molar-refractivity contribution in [3.05, 3.63) is 50.6 Å². The third-order valence-corrected chi connectivity index (χ3v) is 3.91. The Labute approximate surface area is 134 Å². The molecule has 102 valence electrons. The summed E-state index contributed by atoms with van der Waals surface area (Å²) in [5, 5.41) is 1.35. The predicted octanol–water partition coefficient (Wildman–Crippen LogP) is 4.49. The summed E-state index contributed by atoms with van der Waals surface area (Å²) in [6.07, 6.45) is 1.63. The van der Waals surface area contributed by atoms with E-state index in [1.54, 1.807) is 18.5 Å². The zero-order valence-corrected chi connectivity index (χ0v) is 12.8. The van der Waals surface area contributed by atoms with Gasteiger partial charge in [-0.25, -0.2) is 9.97 Å². The van der Waals surface area contributed by atoms with Crippen LogP contribution in [0.15, 0.2) is 24.5 Å². The van der Waals surface area contributed by atoms with E-state index >= 15 is 0 Å². The molecule has 4 nitrogen and oxygen atoms in total. The minimum Gasteiger partial charge on any atom is -0.322 e. The monoisotopic (exact) mass is 346 g/mol. The molecule has 3 aromatic rings. The average Bonchev–Trinajstić information content (AvgIpc) is 2.77. The molecule has 0 saturated heterocycles. The summed E-state index contributed by atoms with van der Waals surface area (Å²) < 4.78 is 1.83. The van der Waals surface area contributed by atoms with Crippen LogP contribution in [0.25, 0.3) is 11.2 Å². The van der Waals surface area contributed by atoms with Crippen molar-refractivity contribution in [3.8, 4) is 0 Å². The minimum absolute atomic E-state index is 0.0716. The molecule has 2 heterocycles. The zero-order chi connectivity index (χ0) is 14.3. The fraction of sp³-hybridized carbons (Fsp3) is 0.0833. The lowest BCUT2D eigenvalue weighted by molar-refractivity contribution is 0.823. The van der Waals surface area contributed by atoms with Crippen molar-refractivity contribution in [2.45, 2.75) is 6.54 Å². The van der Waals surface area contributed by atoms with E-state index in [4.69, 9.17) is 46.4 Å². The molecule has 0 aliphatic rings. The fourth-order valence-corrected chi connectivity index (χ4v) is 2.67. The quantitative estimate of drug-likeness (QED) is 0.506. The number of hydrogen-bond donors (Lipinski definition) is 0. The maximum atomic E-state index is 6.09. The maximum Gasteiger partial charge on any atom is 0.225 e. The van der Waals surface area contributed by atoms with E-state index in [1.165, 1.54) is 0 Å². The maximum absolute atomic E-state index is 6.09. The van der Waals surface area contributed by atoms with Crippen LogP contribution in [0.5, 0.6) is 0 Å². The standard InChI is InChI=1S/C12H6Cl4N4/c13-7-2-1-6(3-8(7)14)4-20-5-17-11-9(20)10(15)18-12(16)19-11/h1-3,5H,4H2. The lowest BCUT2D eigenvalue weighted by Crippen LogP contribution is -1.99. The second-order valence-corrected chi connectivity index (χ2v) is 5.59. The van der Waals surface area contributed by atoms with Gasteiger partial charge in [0.15, 0.2) is 10.8 Å². The summed E-state index contributed by atoms with van der Waals surface area (Å²) in [5.74, 6) is 0. The van der Waals surface area contributed by atoms with Crippen LogP contribution in [0, 0.1) is 0 Å². The Balaban J connectivity index is 2.04. The molecule has 0 bridgehead atoms. The average molecular weight is 348 g/mol. The van der Waals surface area contributed by atoms with Crippen molar-refractivity contribution in [2.24, 2.45) is 0 Å². The summed E-state index contributed by atoms with van der Waals surface area (Å²) in [7, 11) is 0.